The molecule has 1 amide bonds. The molecule has 0 aromatic heterocycles. The van der Waals surface area contributed by atoms with Crippen molar-refractivity contribution in [1.82, 2.24) is 5.32 Å². The Kier molecular flexibility index (Phi) is 7.54. The highest BCUT2D eigenvalue weighted by molar-refractivity contribution is 5.78. The van der Waals surface area contributed by atoms with Gasteiger partial charge in [0.2, 0.25) is 5.91 Å². The van der Waals surface area contributed by atoms with Crippen molar-refractivity contribution in [3.8, 4) is 0 Å². The molecule has 0 aliphatic carbocycles. The molecule has 0 bridgehead atoms. The molecule has 94 valence electrons. The van der Waals surface area contributed by atoms with E-state index >= 15 is 0 Å². The van der Waals surface area contributed by atoms with Crippen LogP contribution in [0, 0.1) is 5.92 Å². The average molecular weight is 231 g/mol. The number of rotatable bonds is 8. The Morgan fingerprint density at radius 1 is 1.31 bits per heavy atom. The fraction of sp³-hybridized carbons (Fsp3) is 0.818. The van der Waals surface area contributed by atoms with E-state index in [-0.39, 0.29) is 18.4 Å². The van der Waals surface area contributed by atoms with Gasteiger partial charge in [-0.1, -0.05) is 6.92 Å². The molecular formula is C11H21NO4. The summed E-state index contributed by atoms with van der Waals surface area (Å²) in [5.74, 6) is -1.66. The van der Waals surface area contributed by atoms with Gasteiger partial charge < -0.3 is 15.2 Å². The second-order valence-corrected chi connectivity index (χ2v) is 3.85. The lowest BCUT2D eigenvalue weighted by atomic mass is 10.0. The van der Waals surface area contributed by atoms with Gasteiger partial charge in [-0.05, 0) is 20.3 Å². The van der Waals surface area contributed by atoms with Gasteiger partial charge in [0.1, 0.15) is 0 Å². The van der Waals surface area contributed by atoms with Crippen LogP contribution in [0.5, 0.6) is 0 Å². The number of carboxylic acids is 1. The molecule has 0 spiro atoms. The molecule has 0 aliphatic heterocycles. The lowest BCUT2D eigenvalue weighted by Gasteiger charge is -2.17. The minimum absolute atomic E-state index is 0.170. The molecule has 2 N–H and O–H groups in total. The van der Waals surface area contributed by atoms with Crippen LogP contribution in [-0.2, 0) is 14.3 Å². The van der Waals surface area contributed by atoms with E-state index in [0.717, 1.165) is 6.42 Å². The zero-order valence-corrected chi connectivity index (χ0v) is 10.2. The van der Waals surface area contributed by atoms with Crippen molar-refractivity contribution < 1.29 is 19.4 Å². The Hall–Kier alpha value is -1.10. The first-order chi connectivity index (χ1) is 7.49. The van der Waals surface area contributed by atoms with E-state index in [1.807, 2.05) is 6.92 Å². The predicted molar refractivity (Wildman–Crippen MR) is 60.1 cm³/mol. The fourth-order valence-corrected chi connectivity index (χ4v) is 1.08. The van der Waals surface area contributed by atoms with Gasteiger partial charge >= 0.3 is 5.97 Å². The summed E-state index contributed by atoms with van der Waals surface area (Å²) >= 11 is 0. The Morgan fingerprint density at radius 2 is 1.94 bits per heavy atom. The first-order valence-corrected chi connectivity index (χ1v) is 5.59. The quantitative estimate of drug-likeness (QED) is 0.612. The monoisotopic (exact) mass is 231 g/mol. The zero-order valence-electron chi connectivity index (χ0n) is 10.2. The lowest BCUT2D eigenvalue weighted by molar-refractivity contribution is -0.142. The van der Waals surface area contributed by atoms with Gasteiger partial charge in [0, 0.05) is 19.1 Å². The Bertz CT molecular complexity index is 230. The number of carboxylic acid groups (broad SMARTS) is 1. The highest BCUT2D eigenvalue weighted by Crippen LogP contribution is 2.02. The summed E-state index contributed by atoms with van der Waals surface area (Å²) in [6.07, 6.45) is 1.20. The van der Waals surface area contributed by atoms with E-state index in [1.165, 1.54) is 0 Å². The Morgan fingerprint density at radius 3 is 2.44 bits per heavy atom. The maximum atomic E-state index is 11.4. The van der Waals surface area contributed by atoms with Crippen LogP contribution in [0.3, 0.4) is 0 Å². The average Bonchev–Trinajstić information content (AvgIpc) is 2.23. The highest BCUT2D eigenvalue weighted by atomic mass is 16.5. The van der Waals surface area contributed by atoms with Crippen LogP contribution >= 0.6 is 0 Å². The van der Waals surface area contributed by atoms with Gasteiger partial charge in [-0.2, -0.15) is 0 Å². The summed E-state index contributed by atoms with van der Waals surface area (Å²) in [7, 11) is 0. The molecule has 0 aliphatic rings. The van der Waals surface area contributed by atoms with Gasteiger partial charge in [0.25, 0.3) is 0 Å². The van der Waals surface area contributed by atoms with Gasteiger partial charge in [-0.15, -0.1) is 0 Å². The van der Waals surface area contributed by atoms with E-state index in [4.69, 9.17) is 9.84 Å². The standard InChI is InChI=1S/C11H21NO4/c1-4-6-16-7-5-10(13)12-9(3)8(2)11(14)15/h8-9H,4-7H2,1-3H3,(H,12,13)(H,14,15). The van der Waals surface area contributed by atoms with Gasteiger partial charge in [-0.3, -0.25) is 9.59 Å². The predicted octanol–water partition coefficient (Wildman–Crippen LogP) is 1.03. The first kappa shape index (κ1) is 14.9. The maximum absolute atomic E-state index is 11.4. The normalized spacial score (nSPS) is 14.2. The molecule has 5 nitrogen and oxygen atoms in total. The molecule has 2 atom stereocenters. The van der Waals surface area contributed by atoms with Crippen molar-refractivity contribution in [2.75, 3.05) is 13.2 Å². The minimum atomic E-state index is -0.907. The molecule has 0 rings (SSSR count). The van der Waals surface area contributed by atoms with E-state index in [2.05, 4.69) is 5.32 Å². The van der Waals surface area contributed by atoms with Crippen LogP contribution in [0.15, 0.2) is 0 Å². The molecule has 0 radical (unpaired) electrons. The number of hydrogen-bond donors (Lipinski definition) is 2. The second kappa shape index (κ2) is 8.10. The Labute approximate surface area is 96.2 Å². The third kappa shape index (κ3) is 6.40. The third-order valence-corrected chi connectivity index (χ3v) is 2.35. The van der Waals surface area contributed by atoms with Gasteiger partial charge in [0.15, 0.2) is 0 Å². The number of aliphatic carboxylic acids is 1. The molecule has 5 heteroatoms. The summed E-state index contributed by atoms with van der Waals surface area (Å²) in [6, 6.07) is -0.365. The number of nitrogens with one attached hydrogen (secondary N) is 1. The van der Waals surface area contributed by atoms with Crippen molar-refractivity contribution in [1.29, 1.82) is 0 Å². The van der Waals surface area contributed by atoms with Crippen LogP contribution in [0.2, 0.25) is 0 Å². The summed E-state index contributed by atoms with van der Waals surface area (Å²) in [6.45, 7) is 6.28. The summed E-state index contributed by atoms with van der Waals surface area (Å²) < 4.78 is 5.17. The molecule has 16 heavy (non-hydrogen) atoms. The molecule has 0 fully saturated rings. The molecule has 0 heterocycles. The molecule has 0 aromatic carbocycles. The van der Waals surface area contributed by atoms with Crippen LogP contribution < -0.4 is 5.32 Å². The first-order valence-electron chi connectivity index (χ1n) is 5.59. The van der Waals surface area contributed by atoms with Crippen molar-refractivity contribution >= 4 is 11.9 Å². The number of ether oxygens (including phenoxy) is 1. The SMILES string of the molecule is CCCOCCC(=O)NC(C)C(C)C(=O)O. The van der Waals surface area contributed by atoms with Crippen LogP contribution in [0.25, 0.3) is 0 Å². The van der Waals surface area contributed by atoms with E-state index in [0.29, 0.717) is 13.2 Å². The summed E-state index contributed by atoms with van der Waals surface area (Å²) in [5.41, 5.74) is 0. The molecule has 0 aromatic rings. The Balaban J connectivity index is 3.74. The smallest absolute Gasteiger partial charge is 0.308 e. The highest BCUT2D eigenvalue weighted by Gasteiger charge is 2.20. The van der Waals surface area contributed by atoms with E-state index in [9.17, 15) is 9.59 Å². The third-order valence-electron chi connectivity index (χ3n) is 2.35. The van der Waals surface area contributed by atoms with Gasteiger partial charge in [0.05, 0.1) is 12.5 Å². The van der Waals surface area contributed by atoms with E-state index in [1.54, 1.807) is 13.8 Å². The van der Waals surface area contributed by atoms with Crippen molar-refractivity contribution in [2.24, 2.45) is 5.92 Å². The van der Waals surface area contributed by atoms with Crippen molar-refractivity contribution in [3.05, 3.63) is 0 Å². The van der Waals surface area contributed by atoms with Crippen LogP contribution in [-0.4, -0.2) is 36.2 Å². The lowest BCUT2D eigenvalue weighted by Crippen LogP contribution is -2.40. The largest absolute Gasteiger partial charge is 0.481 e. The van der Waals surface area contributed by atoms with Crippen LogP contribution in [0.1, 0.15) is 33.6 Å². The van der Waals surface area contributed by atoms with Crippen LogP contribution in [0.4, 0.5) is 0 Å². The minimum Gasteiger partial charge on any atom is -0.481 e. The zero-order chi connectivity index (χ0) is 12.6. The fourth-order valence-electron chi connectivity index (χ4n) is 1.08. The molecule has 0 saturated carbocycles. The van der Waals surface area contributed by atoms with Gasteiger partial charge in [-0.25, -0.2) is 0 Å². The summed E-state index contributed by atoms with van der Waals surface area (Å²) in [5, 5.41) is 11.4. The maximum Gasteiger partial charge on any atom is 0.308 e. The van der Waals surface area contributed by atoms with E-state index < -0.39 is 11.9 Å². The molecular weight excluding hydrogens is 210 g/mol. The number of hydrogen-bond acceptors (Lipinski definition) is 3. The second-order valence-electron chi connectivity index (χ2n) is 3.85. The number of amides is 1. The van der Waals surface area contributed by atoms with Crippen molar-refractivity contribution in [2.45, 2.75) is 39.7 Å². The molecule has 0 saturated heterocycles. The number of carbonyl (C=O) groups excluding carboxylic acids is 1. The van der Waals surface area contributed by atoms with Crippen molar-refractivity contribution in [3.63, 3.8) is 0 Å². The molecule has 2 unspecified atom stereocenters. The summed E-state index contributed by atoms with van der Waals surface area (Å²) in [4.78, 5) is 22.0. The topological polar surface area (TPSA) is 75.6 Å². The number of carbonyl (C=O) groups is 2.